The smallest absolute Gasteiger partial charge is 0.255 e. The van der Waals surface area contributed by atoms with E-state index in [0.29, 0.717) is 24.7 Å². The van der Waals surface area contributed by atoms with Gasteiger partial charge in [0, 0.05) is 23.4 Å². The van der Waals surface area contributed by atoms with Crippen molar-refractivity contribution in [1.29, 1.82) is 0 Å². The van der Waals surface area contributed by atoms with Crippen molar-refractivity contribution in [3.05, 3.63) is 59.2 Å². The van der Waals surface area contributed by atoms with Crippen LogP contribution in [0.1, 0.15) is 35.3 Å². The van der Waals surface area contributed by atoms with Gasteiger partial charge >= 0.3 is 0 Å². The van der Waals surface area contributed by atoms with Gasteiger partial charge in [-0.1, -0.05) is 32.0 Å². The van der Waals surface area contributed by atoms with E-state index in [4.69, 9.17) is 9.47 Å². The second kappa shape index (κ2) is 8.50. The summed E-state index contributed by atoms with van der Waals surface area (Å²) >= 11 is 0. The summed E-state index contributed by atoms with van der Waals surface area (Å²) in [5.41, 5.74) is 3.30. The molecule has 24 heavy (non-hydrogen) atoms. The number of carbonyl (C=O) groups is 1. The highest BCUT2D eigenvalue weighted by Gasteiger charge is 2.12. The normalized spacial score (nSPS) is 10.7. The van der Waals surface area contributed by atoms with Crippen molar-refractivity contribution in [2.45, 2.75) is 27.4 Å². The summed E-state index contributed by atoms with van der Waals surface area (Å²) in [5, 5.41) is 2.94. The summed E-state index contributed by atoms with van der Waals surface area (Å²) in [4.78, 5) is 12.5. The molecule has 0 aliphatic carbocycles. The van der Waals surface area contributed by atoms with Crippen LogP contribution in [0.25, 0.3) is 0 Å². The number of methoxy groups -OCH3 is 1. The predicted octanol–water partition coefficient (Wildman–Crippen LogP) is 4.43. The van der Waals surface area contributed by atoms with E-state index in [-0.39, 0.29) is 5.91 Å². The molecular weight excluding hydrogens is 302 g/mol. The fourth-order valence-corrected chi connectivity index (χ4v) is 2.34. The van der Waals surface area contributed by atoms with Crippen molar-refractivity contribution >= 4 is 11.6 Å². The van der Waals surface area contributed by atoms with Gasteiger partial charge in [-0.2, -0.15) is 0 Å². The van der Waals surface area contributed by atoms with E-state index in [1.165, 1.54) is 0 Å². The molecule has 0 heterocycles. The molecule has 0 atom stereocenters. The average Bonchev–Trinajstić information content (AvgIpc) is 2.56. The fourth-order valence-electron chi connectivity index (χ4n) is 2.34. The number of anilines is 1. The number of nitrogens with one attached hydrogen (secondary N) is 1. The molecule has 0 aliphatic heterocycles. The van der Waals surface area contributed by atoms with Crippen molar-refractivity contribution in [1.82, 2.24) is 0 Å². The van der Waals surface area contributed by atoms with Crippen LogP contribution in [-0.4, -0.2) is 19.6 Å². The molecule has 4 heteroatoms. The molecule has 1 amide bonds. The van der Waals surface area contributed by atoms with Gasteiger partial charge in [0.1, 0.15) is 5.75 Å². The van der Waals surface area contributed by atoms with Gasteiger partial charge in [0.05, 0.1) is 13.7 Å². The minimum Gasteiger partial charge on any atom is -0.496 e. The Kier molecular flexibility index (Phi) is 6.38. The highest BCUT2D eigenvalue weighted by atomic mass is 16.5. The first kappa shape index (κ1) is 18.0. The molecule has 0 radical (unpaired) electrons. The molecule has 0 spiro atoms. The number of hydrogen-bond donors (Lipinski definition) is 1. The van der Waals surface area contributed by atoms with Crippen LogP contribution >= 0.6 is 0 Å². The Morgan fingerprint density at radius 1 is 1.17 bits per heavy atom. The molecule has 2 rings (SSSR count). The van der Waals surface area contributed by atoms with Crippen molar-refractivity contribution in [2.75, 3.05) is 19.0 Å². The monoisotopic (exact) mass is 327 g/mol. The van der Waals surface area contributed by atoms with E-state index in [2.05, 4.69) is 19.2 Å². The highest BCUT2D eigenvalue weighted by Crippen LogP contribution is 2.22. The second-order valence-corrected chi connectivity index (χ2v) is 6.20. The molecule has 0 aliphatic rings. The fraction of sp³-hybridized carbons (Fsp3) is 0.350. The van der Waals surface area contributed by atoms with E-state index in [1.807, 2.05) is 37.3 Å². The topological polar surface area (TPSA) is 47.6 Å². The molecule has 2 aromatic rings. The Morgan fingerprint density at radius 2 is 1.92 bits per heavy atom. The molecule has 4 nitrogen and oxygen atoms in total. The first-order valence-electron chi connectivity index (χ1n) is 8.13. The third-order valence-electron chi connectivity index (χ3n) is 3.64. The van der Waals surface area contributed by atoms with Gasteiger partial charge < -0.3 is 14.8 Å². The van der Waals surface area contributed by atoms with E-state index < -0.39 is 0 Å². The van der Waals surface area contributed by atoms with Gasteiger partial charge in [-0.15, -0.1) is 0 Å². The Morgan fingerprint density at radius 3 is 2.58 bits per heavy atom. The number of benzene rings is 2. The van der Waals surface area contributed by atoms with Crippen LogP contribution in [0.2, 0.25) is 0 Å². The SMILES string of the molecule is COc1ccc(C(=O)Nc2ccccc2C)cc1COCC(C)C. The van der Waals surface area contributed by atoms with Gasteiger partial charge in [-0.05, 0) is 42.7 Å². The van der Waals surface area contributed by atoms with E-state index >= 15 is 0 Å². The summed E-state index contributed by atoms with van der Waals surface area (Å²) < 4.78 is 11.0. The van der Waals surface area contributed by atoms with Crippen molar-refractivity contribution < 1.29 is 14.3 Å². The molecule has 2 aromatic carbocycles. The molecule has 0 saturated carbocycles. The van der Waals surface area contributed by atoms with Gasteiger partial charge in [-0.3, -0.25) is 4.79 Å². The van der Waals surface area contributed by atoms with Crippen molar-refractivity contribution in [3.8, 4) is 5.75 Å². The van der Waals surface area contributed by atoms with Crippen LogP contribution in [0, 0.1) is 12.8 Å². The van der Waals surface area contributed by atoms with Gasteiger partial charge in [0.25, 0.3) is 5.91 Å². The number of aryl methyl sites for hydroxylation is 1. The first-order chi connectivity index (χ1) is 11.5. The zero-order valence-corrected chi connectivity index (χ0v) is 14.8. The number of carbonyl (C=O) groups excluding carboxylic acids is 1. The summed E-state index contributed by atoms with van der Waals surface area (Å²) in [6, 6.07) is 13.1. The van der Waals surface area contributed by atoms with Crippen LogP contribution in [0.3, 0.4) is 0 Å². The van der Waals surface area contributed by atoms with Crippen LogP contribution < -0.4 is 10.1 Å². The highest BCUT2D eigenvalue weighted by molar-refractivity contribution is 6.04. The zero-order chi connectivity index (χ0) is 17.5. The molecule has 0 saturated heterocycles. The largest absolute Gasteiger partial charge is 0.496 e. The Labute approximate surface area is 143 Å². The van der Waals surface area contributed by atoms with Crippen LogP contribution in [0.4, 0.5) is 5.69 Å². The van der Waals surface area contributed by atoms with Crippen LogP contribution in [0.5, 0.6) is 5.75 Å². The van der Waals surface area contributed by atoms with Crippen molar-refractivity contribution in [2.24, 2.45) is 5.92 Å². The minimum atomic E-state index is -0.142. The van der Waals surface area contributed by atoms with Gasteiger partial charge in [-0.25, -0.2) is 0 Å². The maximum atomic E-state index is 12.5. The maximum Gasteiger partial charge on any atom is 0.255 e. The summed E-state index contributed by atoms with van der Waals surface area (Å²) in [6.45, 7) is 7.26. The lowest BCUT2D eigenvalue weighted by atomic mass is 10.1. The number of ether oxygens (including phenoxy) is 2. The number of hydrogen-bond acceptors (Lipinski definition) is 3. The van der Waals surface area contributed by atoms with E-state index in [1.54, 1.807) is 19.2 Å². The lowest BCUT2D eigenvalue weighted by molar-refractivity contribution is 0.0952. The summed E-state index contributed by atoms with van der Waals surface area (Å²) in [5.74, 6) is 1.05. The number of para-hydroxylation sites is 1. The predicted molar refractivity (Wildman–Crippen MR) is 96.6 cm³/mol. The zero-order valence-electron chi connectivity index (χ0n) is 14.8. The first-order valence-corrected chi connectivity index (χ1v) is 8.13. The molecule has 0 bridgehead atoms. The quantitative estimate of drug-likeness (QED) is 0.818. The summed E-state index contributed by atoms with van der Waals surface area (Å²) in [7, 11) is 1.62. The van der Waals surface area contributed by atoms with Crippen molar-refractivity contribution in [3.63, 3.8) is 0 Å². The molecule has 0 aromatic heterocycles. The lowest BCUT2D eigenvalue weighted by Crippen LogP contribution is -2.13. The second-order valence-electron chi connectivity index (χ2n) is 6.20. The van der Waals surface area contributed by atoms with Crippen LogP contribution in [0.15, 0.2) is 42.5 Å². The standard InChI is InChI=1S/C20H25NO3/c1-14(2)12-24-13-17-11-16(9-10-19(17)23-4)20(22)21-18-8-6-5-7-15(18)3/h5-11,14H,12-13H2,1-4H3,(H,21,22). The summed E-state index contributed by atoms with van der Waals surface area (Å²) in [6.07, 6.45) is 0. The van der Waals surface area contributed by atoms with E-state index in [0.717, 1.165) is 22.6 Å². The Balaban J connectivity index is 2.14. The average molecular weight is 327 g/mol. The van der Waals surface area contributed by atoms with Gasteiger partial charge in [0.2, 0.25) is 0 Å². The van der Waals surface area contributed by atoms with Crippen LogP contribution in [-0.2, 0) is 11.3 Å². The van der Waals surface area contributed by atoms with Gasteiger partial charge in [0.15, 0.2) is 0 Å². The molecule has 128 valence electrons. The number of rotatable bonds is 7. The Hall–Kier alpha value is -2.33. The molecular formula is C20H25NO3. The Bertz CT molecular complexity index is 695. The minimum absolute atomic E-state index is 0.142. The molecule has 0 fully saturated rings. The van der Waals surface area contributed by atoms with E-state index in [9.17, 15) is 4.79 Å². The third-order valence-corrected chi connectivity index (χ3v) is 3.64. The molecule has 1 N–H and O–H groups in total. The lowest BCUT2D eigenvalue weighted by Gasteiger charge is -2.13. The molecule has 0 unspecified atom stereocenters. The maximum absolute atomic E-state index is 12.5. The number of amides is 1. The third kappa shape index (κ3) is 4.83.